The number of amides is 1. The number of hydrogen-bond donors (Lipinski definition) is 2. The lowest BCUT2D eigenvalue weighted by molar-refractivity contribution is -0.256. The van der Waals surface area contributed by atoms with E-state index in [0.29, 0.717) is 6.54 Å². The highest BCUT2D eigenvalue weighted by atomic mass is 16.6. The predicted octanol–water partition coefficient (Wildman–Crippen LogP) is 4.35. The fourth-order valence-electron chi connectivity index (χ4n) is 7.33. The Labute approximate surface area is 201 Å². The largest absolute Gasteiger partial charge is 0.375 e. The van der Waals surface area contributed by atoms with Crippen molar-refractivity contribution in [1.29, 1.82) is 0 Å². The van der Waals surface area contributed by atoms with Gasteiger partial charge in [-0.1, -0.05) is 36.4 Å². The van der Waals surface area contributed by atoms with Crippen molar-refractivity contribution >= 4 is 49.5 Å². The number of nitrogens with one attached hydrogen (secondary N) is 2. The number of rotatable bonds is 2. The Morgan fingerprint density at radius 2 is 1.77 bits per heavy atom. The molecule has 1 fully saturated rings. The maximum atomic E-state index is 13.3. The molecule has 3 aliphatic heterocycles. The third-order valence-electron chi connectivity index (χ3n) is 8.60. The van der Waals surface area contributed by atoms with Gasteiger partial charge in [-0.2, -0.15) is 0 Å². The van der Waals surface area contributed by atoms with Crippen LogP contribution in [0.5, 0.6) is 0 Å². The molecule has 176 valence electrons. The molecule has 0 spiro atoms. The molecule has 0 unspecified atom stereocenters. The number of fused-ring (bicyclic) bond motifs is 13. The van der Waals surface area contributed by atoms with Crippen LogP contribution in [0.3, 0.4) is 0 Å². The number of likely N-dealkylation sites (N-methyl/N-ethyl adjacent to an activating group) is 1. The van der Waals surface area contributed by atoms with Crippen molar-refractivity contribution in [3.8, 4) is 0 Å². The molecule has 2 bridgehead atoms. The Hall–Kier alpha value is -3.39. The lowest BCUT2D eigenvalue weighted by Gasteiger charge is -2.48. The molecule has 1 saturated heterocycles. The first-order valence-electron chi connectivity index (χ1n) is 12.3. The molecule has 5 aromatic rings. The predicted molar refractivity (Wildman–Crippen MR) is 136 cm³/mol. The summed E-state index contributed by atoms with van der Waals surface area (Å²) in [5.74, 6) is 0.00357. The minimum Gasteiger partial charge on any atom is -0.375 e. The molecule has 0 radical (unpaired) electrons. The lowest BCUT2D eigenvalue weighted by atomic mass is 9.93. The summed E-state index contributed by atoms with van der Waals surface area (Å²) in [5.41, 5.74) is 5.51. The van der Waals surface area contributed by atoms with Gasteiger partial charge >= 0.3 is 0 Å². The molecule has 8 rings (SSSR count). The fraction of sp³-hybridized carbons (Fsp3) is 0.321. The number of carbonyl (C=O) groups is 1. The average Bonchev–Trinajstić information content (AvgIpc) is 3.51. The Morgan fingerprint density at radius 1 is 1.06 bits per heavy atom. The van der Waals surface area contributed by atoms with Crippen LogP contribution >= 0.6 is 0 Å². The zero-order valence-electron chi connectivity index (χ0n) is 19.9. The zero-order valence-corrected chi connectivity index (χ0v) is 19.9. The van der Waals surface area contributed by atoms with E-state index in [2.05, 4.69) is 75.2 Å². The second-order valence-corrected chi connectivity index (χ2v) is 10.1. The summed E-state index contributed by atoms with van der Waals surface area (Å²) in [5, 5.41) is 11.0. The van der Waals surface area contributed by atoms with E-state index in [1.807, 2.05) is 7.05 Å². The smallest absolute Gasteiger partial charge is 0.252 e. The monoisotopic (exact) mass is 466 g/mol. The Kier molecular flexibility index (Phi) is 3.65. The quantitative estimate of drug-likeness (QED) is 0.406. The first-order chi connectivity index (χ1) is 17.1. The summed E-state index contributed by atoms with van der Waals surface area (Å²) in [6, 6.07) is 17.0. The minimum atomic E-state index is -0.760. The molecule has 2 aromatic heterocycles. The molecule has 3 aliphatic rings. The van der Waals surface area contributed by atoms with E-state index in [1.54, 1.807) is 7.11 Å². The topological polar surface area (TPSA) is 69.5 Å². The molecule has 1 amide bonds. The Morgan fingerprint density at radius 3 is 2.51 bits per heavy atom. The number of methoxy groups -OCH3 is 1. The van der Waals surface area contributed by atoms with Gasteiger partial charge in [0.2, 0.25) is 0 Å². The Bertz CT molecular complexity index is 1750. The molecule has 0 saturated carbocycles. The van der Waals surface area contributed by atoms with Crippen molar-refractivity contribution in [3.63, 3.8) is 0 Å². The number of para-hydroxylation sites is 2. The summed E-state index contributed by atoms with van der Waals surface area (Å²) in [6.45, 7) is 2.68. The molecule has 0 aliphatic carbocycles. The average molecular weight is 467 g/mol. The van der Waals surface area contributed by atoms with E-state index >= 15 is 0 Å². The summed E-state index contributed by atoms with van der Waals surface area (Å²) in [4.78, 5) is 13.3. The summed E-state index contributed by atoms with van der Waals surface area (Å²) >= 11 is 0. The number of carbonyl (C=O) groups excluding carboxylic acids is 1. The second kappa shape index (κ2) is 6.43. The van der Waals surface area contributed by atoms with Crippen molar-refractivity contribution in [2.24, 2.45) is 0 Å². The van der Waals surface area contributed by atoms with Crippen LogP contribution in [-0.2, 0) is 21.7 Å². The fourth-order valence-corrected chi connectivity index (χ4v) is 7.33. The maximum Gasteiger partial charge on any atom is 0.252 e. The molecule has 4 atom stereocenters. The van der Waals surface area contributed by atoms with Crippen LogP contribution in [0.15, 0.2) is 48.5 Å². The van der Waals surface area contributed by atoms with Crippen LogP contribution in [0.2, 0.25) is 0 Å². The van der Waals surface area contributed by atoms with Crippen LogP contribution in [0, 0.1) is 0 Å². The van der Waals surface area contributed by atoms with Crippen LogP contribution < -0.4 is 10.6 Å². The number of aromatic nitrogens is 2. The molecule has 35 heavy (non-hydrogen) atoms. The number of hydrogen-bond acceptors (Lipinski definition) is 4. The Balaban J connectivity index is 1.72. The van der Waals surface area contributed by atoms with Gasteiger partial charge in [-0.15, -0.1) is 0 Å². The van der Waals surface area contributed by atoms with Gasteiger partial charge in [-0.3, -0.25) is 4.79 Å². The van der Waals surface area contributed by atoms with Crippen LogP contribution in [0.1, 0.15) is 35.5 Å². The van der Waals surface area contributed by atoms with Gasteiger partial charge in [0, 0.05) is 47.7 Å². The van der Waals surface area contributed by atoms with Crippen molar-refractivity contribution in [2.45, 2.75) is 44.0 Å². The first kappa shape index (κ1) is 19.9. The minimum absolute atomic E-state index is 0.00357. The third kappa shape index (κ3) is 2.12. The first-order valence-corrected chi connectivity index (χ1v) is 12.3. The van der Waals surface area contributed by atoms with Crippen LogP contribution in [-0.4, -0.2) is 41.3 Å². The van der Waals surface area contributed by atoms with Crippen LogP contribution in [0.25, 0.3) is 43.6 Å². The molecular weight excluding hydrogens is 440 g/mol. The maximum absolute atomic E-state index is 13.3. The molecule has 7 nitrogen and oxygen atoms in total. The molecule has 2 N–H and O–H groups in total. The van der Waals surface area contributed by atoms with E-state index in [4.69, 9.17) is 9.47 Å². The van der Waals surface area contributed by atoms with Gasteiger partial charge in [-0.25, -0.2) is 0 Å². The van der Waals surface area contributed by atoms with Crippen molar-refractivity contribution < 1.29 is 14.3 Å². The van der Waals surface area contributed by atoms with E-state index in [-0.39, 0.29) is 24.3 Å². The van der Waals surface area contributed by atoms with E-state index < -0.39 is 5.72 Å². The van der Waals surface area contributed by atoms with Gasteiger partial charge in [0.05, 0.1) is 27.6 Å². The van der Waals surface area contributed by atoms with Gasteiger partial charge in [0.1, 0.15) is 12.3 Å². The van der Waals surface area contributed by atoms with E-state index in [0.717, 1.165) is 61.2 Å². The summed E-state index contributed by atoms with van der Waals surface area (Å²) in [6.07, 6.45) is 0.337. The van der Waals surface area contributed by atoms with Crippen molar-refractivity contribution in [1.82, 2.24) is 19.8 Å². The van der Waals surface area contributed by atoms with Crippen molar-refractivity contribution in [3.05, 3.63) is 59.7 Å². The molecular formula is C28H26N4O3. The standard InChI is InChI=1S/C28H26N4O3/c1-28-26(34-3)17(29-2)12-20(35-28)31-18-10-6-4-8-14(18)22-23-16(13-30-27(23)33)21-15-9-5-7-11-19(15)32(28)25(21)24(22)31/h4-11,17,20,26,29H,12-13H2,1-3H3,(H,30,33)/t17-,20-,26-,28-/m0/s1. The van der Waals surface area contributed by atoms with Gasteiger partial charge in [-0.05, 0) is 31.7 Å². The SMILES string of the molecule is CN[C@H]1C[C@@H]2O[C@@](C)([C@H]1OC)n1c3ccccc3c3c4c(c5c6ccccc6n2c5c31)C(=O)NC4. The van der Waals surface area contributed by atoms with Gasteiger partial charge in [0.25, 0.3) is 5.91 Å². The highest BCUT2D eigenvalue weighted by Crippen LogP contribution is 2.53. The van der Waals surface area contributed by atoms with Gasteiger partial charge in [0.15, 0.2) is 5.72 Å². The normalized spacial score (nSPS) is 27.3. The molecule has 7 heteroatoms. The molecule has 5 heterocycles. The van der Waals surface area contributed by atoms with E-state index in [9.17, 15) is 4.79 Å². The van der Waals surface area contributed by atoms with E-state index in [1.165, 1.54) is 0 Å². The molecule has 3 aromatic carbocycles. The zero-order chi connectivity index (χ0) is 23.6. The highest BCUT2D eigenvalue weighted by Gasteiger charge is 2.53. The second-order valence-electron chi connectivity index (χ2n) is 10.1. The third-order valence-corrected chi connectivity index (χ3v) is 8.60. The number of nitrogens with zero attached hydrogens (tertiary/aromatic N) is 2. The summed E-state index contributed by atoms with van der Waals surface area (Å²) in [7, 11) is 3.77. The number of benzene rings is 3. The van der Waals surface area contributed by atoms with Gasteiger partial charge < -0.3 is 29.2 Å². The highest BCUT2D eigenvalue weighted by molar-refractivity contribution is 6.31. The summed E-state index contributed by atoms with van der Waals surface area (Å²) < 4.78 is 18.0. The number of ether oxygens (including phenoxy) is 2. The van der Waals surface area contributed by atoms with Crippen molar-refractivity contribution in [2.75, 3.05) is 14.2 Å². The van der Waals surface area contributed by atoms with Crippen LogP contribution in [0.4, 0.5) is 0 Å². The lowest BCUT2D eigenvalue weighted by Crippen LogP contribution is -2.59.